The van der Waals surface area contributed by atoms with Gasteiger partial charge in [0.1, 0.15) is 11.9 Å². The molecule has 0 bridgehead atoms. The maximum absolute atomic E-state index is 14.1. The summed E-state index contributed by atoms with van der Waals surface area (Å²) in [5.74, 6) is -0.508. The van der Waals surface area contributed by atoms with Gasteiger partial charge in [-0.25, -0.2) is 4.39 Å². The number of hydrogen-bond donors (Lipinski definition) is 1. The molecule has 0 radical (unpaired) electrons. The van der Waals surface area contributed by atoms with E-state index >= 15 is 0 Å². The largest absolute Gasteiger partial charge is 0.383 e. The van der Waals surface area contributed by atoms with Crippen LogP contribution in [0.3, 0.4) is 0 Å². The molecule has 1 N–H and O–H groups in total. The number of likely N-dealkylation sites (N-methyl/N-ethyl adjacent to an activating group) is 1. The van der Waals surface area contributed by atoms with E-state index in [2.05, 4.69) is 0 Å². The Morgan fingerprint density at radius 3 is 2.45 bits per heavy atom. The van der Waals surface area contributed by atoms with E-state index in [0.29, 0.717) is 12.1 Å². The van der Waals surface area contributed by atoms with Gasteiger partial charge in [0, 0.05) is 17.1 Å². The van der Waals surface area contributed by atoms with E-state index in [4.69, 9.17) is 11.6 Å². The average Bonchev–Trinajstić information content (AvgIpc) is 2.48. The van der Waals surface area contributed by atoms with Gasteiger partial charge < -0.3 is 10.0 Å². The summed E-state index contributed by atoms with van der Waals surface area (Å²) in [7, 11) is 3.86. The van der Waals surface area contributed by atoms with Crippen LogP contribution in [0.25, 0.3) is 5.57 Å². The zero-order chi connectivity index (χ0) is 16.1. The average molecular weight is 320 g/mol. The molecule has 0 heterocycles. The van der Waals surface area contributed by atoms with Gasteiger partial charge in [0.15, 0.2) is 0 Å². The molecule has 0 aliphatic rings. The zero-order valence-corrected chi connectivity index (χ0v) is 13.4. The Bertz CT molecular complexity index is 635. The van der Waals surface area contributed by atoms with Gasteiger partial charge in [-0.1, -0.05) is 54.1 Å². The van der Waals surface area contributed by atoms with Gasteiger partial charge in [0.2, 0.25) is 0 Å². The first-order chi connectivity index (χ1) is 10.5. The molecule has 2 aromatic rings. The summed E-state index contributed by atoms with van der Waals surface area (Å²) in [6.07, 6.45) is 0.777. The molecule has 0 aliphatic heterocycles. The minimum absolute atomic E-state index is 0.109. The molecule has 0 aliphatic carbocycles. The molecule has 22 heavy (non-hydrogen) atoms. The quantitative estimate of drug-likeness (QED) is 0.894. The fourth-order valence-corrected chi connectivity index (χ4v) is 2.49. The van der Waals surface area contributed by atoms with Crippen LogP contribution in [0.15, 0.2) is 54.6 Å². The Morgan fingerprint density at radius 1 is 1.18 bits per heavy atom. The summed E-state index contributed by atoms with van der Waals surface area (Å²) in [5.41, 5.74) is 1.59. The molecule has 2 aromatic carbocycles. The molecule has 0 saturated carbocycles. The third-order valence-corrected chi connectivity index (χ3v) is 3.68. The van der Waals surface area contributed by atoms with Crippen LogP contribution in [0.5, 0.6) is 0 Å². The summed E-state index contributed by atoms with van der Waals surface area (Å²) >= 11 is 6.08. The molecule has 4 heteroatoms. The second kappa shape index (κ2) is 7.54. The van der Waals surface area contributed by atoms with Crippen molar-refractivity contribution in [2.24, 2.45) is 0 Å². The van der Waals surface area contributed by atoms with Crippen molar-refractivity contribution in [2.45, 2.75) is 6.10 Å². The number of nitrogens with zero attached hydrogens (tertiary/aromatic N) is 1. The van der Waals surface area contributed by atoms with Crippen molar-refractivity contribution >= 4 is 17.2 Å². The molecule has 0 amide bonds. The van der Waals surface area contributed by atoms with Crippen LogP contribution in [0.2, 0.25) is 5.02 Å². The van der Waals surface area contributed by atoms with E-state index < -0.39 is 11.9 Å². The second-order valence-corrected chi connectivity index (χ2v) is 5.73. The highest BCUT2D eigenvalue weighted by atomic mass is 35.5. The Hall–Kier alpha value is -1.68. The third kappa shape index (κ3) is 3.95. The van der Waals surface area contributed by atoms with Gasteiger partial charge in [-0.3, -0.25) is 0 Å². The summed E-state index contributed by atoms with van der Waals surface area (Å²) in [6.45, 7) is 0.632. The van der Waals surface area contributed by atoms with Crippen molar-refractivity contribution in [3.05, 3.63) is 76.6 Å². The third-order valence-electron chi connectivity index (χ3n) is 3.35. The predicted molar refractivity (Wildman–Crippen MR) is 89.3 cm³/mol. The predicted octanol–water partition coefficient (Wildman–Crippen LogP) is 4.16. The van der Waals surface area contributed by atoms with E-state index in [1.54, 1.807) is 6.07 Å². The topological polar surface area (TPSA) is 23.5 Å². The van der Waals surface area contributed by atoms with E-state index in [9.17, 15) is 9.50 Å². The van der Waals surface area contributed by atoms with Crippen LogP contribution in [0.1, 0.15) is 17.2 Å². The van der Waals surface area contributed by atoms with Gasteiger partial charge in [0.05, 0.1) is 0 Å². The lowest BCUT2D eigenvalue weighted by Crippen LogP contribution is -2.13. The second-order valence-electron chi connectivity index (χ2n) is 5.33. The standard InChI is InChI=1S/C18H19ClFNO/c1-21(2)12-11-14(13-7-4-3-5-8-13)18(22)17-15(19)9-6-10-16(17)20/h3-11,18,22H,12H2,1-2H3/b14-11+. The van der Waals surface area contributed by atoms with Gasteiger partial charge >= 0.3 is 0 Å². The molecular formula is C18H19ClFNO. The molecule has 1 unspecified atom stereocenters. The monoisotopic (exact) mass is 319 g/mol. The van der Waals surface area contributed by atoms with Crippen LogP contribution in [-0.4, -0.2) is 30.6 Å². The van der Waals surface area contributed by atoms with E-state index in [1.165, 1.54) is 12.1 Å². The fraction of sp³-hybridized carbons (Fsp3) is 0.222. The normalized spacial score (nSPS) is 13.5. The Morgan fingerprint density at radius 2 is 1.86 bits per heavy atom. The first-order valence-electron chi connectivity index (χ1n) is 7.03. The lowest BCUT2D eigenvalue weighted by atomic mass is 9.94. The highest BCUT2D eigenvalue weighted by Crippen LogP contribution is 2.35. The molecule has 0 fully saturated rings. The van der Waals surface area contributed by atoms with E-state index in [1.807, 2.05) is 55.4 Å². The van der Waals surface area contributed by atoms with Crippen molar-refractivity contribution < 1.29 is 9.50 Å². The van der Waals surface area contributed by atoms with E-state index in [-0.39, 0.29) is 10.6 Å². The number of halogens is 2. The van der Waals surface area contributed by atoms with Crippen molar-refractivity contribution in [3.8, 4) is 0 Å². The molecule has 0 aromatic heterocycles. The Balaban J connectivity index is 2.47. The maximum atomic E-state index is 14.1. The first kappa shape index (κ1) is 16.7. The molecule has 1 atom stereocenters. The lowest BCUT2D eigenvalue weighted by Gasteiger charge is -2.19. The fourth-order valence-electron chi connectivity index (χ4n) is 2.23. The van der Waals surface area contributed by atoms with Gasteiger partial charge in [-0.05, 0) is 37.4 Å². The minimum Gasteiger partial charge on any atom is -0.383 e. The van der Waals surface area contributed by atoms with Crippen molar-refractivity contribution in [3.63, 3.8) is 0 Å². The highest BCUT2D eigenvalue weighted by molar-refractivity contribution is 6.31. The summed E-state index contributed by atoms with van der Waals surface area (Å²) < 4.78 is 14.1. The minimum atomic E-state index is -1.11. The molecular weight excluding hydrogens is 301 g/mol. The van der Waals surface area contributed by atoms with Crippen LogP contribution < -0.4 is 0 Å². The number of aliphatic hydroxyl groups is 1. The smallest absolute Gasteiger partial charge is 0.130 e. The number of benzene rings is 2. The molecule has 2 nitrogen and oxygen atoms in total. The van der Waals surface area contributed by atoms with Crippen LogP contribution in [-0.2, 0) is 0 Å². The summed E-state index contributed by atoms with van der Waals surface area (Å²) in [4.78, 5) is 1.97. The Labute approximate surface area is 135 Å². The number of aliphatic hydroxyl groups excluding tert-OH is 1. The zero-order valence-electron chi connectivity index (χ0n) is 12.6. The van der Waals surface area contributed by atoms with Crippen LogP contribution in [0, 0.1) is 5.82 Å². The lowest BCUT2D eigenvalue weighted by molar-refractivity contribution is 0.232. The SMILES string of the molecule is CN(C)C/C=C(\c1ccccc1)C(O)c1c(F)cccc1Cl. The molecule has 0 saturated heterocycles. The molecule has 0 spiro atoms. The number of hydrogen-bond acceptors (Lipinski definition) is 2. The first-order valence-corrected chi connectivity index (χ1v) is 7.40. The van der Waals surface area contributed by atoms with Gasteiger partial charge in [-0.2, -0.15) is 0 Å². The van der Waals surface area contributed by atoms with Crippen molar-refractivity contribution in [1.29, 1.82) is 0 Å². The van der Waals surface area contributed by atoms with Gasteiger partial charge in [-0.15, -0.1) is 0 Å². The summed E-state index contributed by atoms with van der Waals surface area (Å²) in [5, 5.41) is 10.9. The number of rotatable bonds is 5. The Kier molecular flexibility index (Phi) is 5.72. The van der Waals surface area contributed by atoms with Crippen molar-refractivity contribution in [2.75, 3.05) is 20.6 Å². The van der Waals surface area contributed by atoms with Crippen LogP contribution in [0.4, 0.5) is 4.39 Å². The summed E-state index contributed by atoms with van der Waals surface area (Å²) in [6, 6.07) is 13.9. The molecule has 116 valence electrons. The van der Waals surface area contributed by atoms with Crippen LogP contribution >= 0.6 is 11.6 Å². The van der Waals surface area contributed by atoms with E-state index in [0.717, 1.165) is 5.56 Å². The molecule has 2 rings (SSSR count). The van der Waals surface area contributed by atoms with Crippen molar-refractivity contribution in [1.82, 2.24) is 4.90 Å². The van der Waals surface area contributed by atoms with Gasteiger partial charge in [0.25, 0.3) is 0 Å². The maximum Gasteiger partial charge on any atom is 0.130 e. The highest BCUT2D eigenvalue weighted by Gasteiger charge is 2.21.